The third-order valence-electron chi connectivity index (χ3n) is 2.56. The van der Waals surface area contributed by atoms with E-state index >= 15 is 0 Å². The van der Waals surface area contributed by atoms with Crippen LogP contribution in [0.25, 0.3) is 0 Å². The molecule has 0 spiro atoms. The summed E-state index contributed by atoms with van der Waals surface area (Å²) in [4.78, 5) is 10.6. The van der Waals surface area contributed by atoms with Crippen molar-refractivity contribution in [2.45, 2.75) is 26.2 Å². The van der Waals surface area contributed by atoms with Gasteiger partial charge in [0.05, 0.1) is 6.21 Å². The maximum absolute atomic E-state index is 10.6. The molecule has 0 atom stereocenters. The molecule has 1 aliphatic carbocycles. The standard InChI is InChI=1S/C12H14N2O/c1-9(15)14-13-8-10-5-6-11-3-2-4-12(11)7-10/h5-8H,2-4H2,1H3,(H,14,15)/b13-8-. The van der Waals surface area contributed by atoms with Gasteiger partial charge in [-0.1, -0.05) is 12.1 Å². The summed E-state index contributed by atoms with van der Waals surface area (Å²) in [6.45, 7) is 1.44. The number of nitrogens with one attached hydrogen (secondary N) is 1. The van der Waals surface area contributed by atoms with Gasteiger partial charge in [-0.05, 0) is 42.0 Å². The Labute approximate surface area is 89.2 Å². The second-order valence-corrected chi connectivity index (χ2v) is 3.81. The largest absolute Gasteiger partial charge is 0.274 e. The Morgan fingerprint density at radius 2 is 2.20 bits per heavy atom. The Balaban J connectivity index is 2.10. The van der Waals surface area contributed by atoms with Crippen molar-refractivity contribution in [3.63, 3.8) is 0 Å². The molecule has 0 unspecified atom stereocenters. The van der Waals surface area contributed by atoms with Gasteiger partial charge in [0, 0.05) is 6.92 Å². The molecule has 0 saturated heterocycles. The topological polar surface area (TPSA) is 41.5 Å². The smallest absolute Gasteiger partial charge is 0.236 e. The zero-order valence-corrected chi connectivity index (χ0v) is 8.79. The van der Waals surface area contributed by atoms with Gasteiger partial charge in [-0.15, -0.1) is 0 Å². The number of carbonyl (C=O) groups excluding carboxylic acids is 1. The number of carbonyl (C=O) groups is 1. The quantitative estimate of drug-likeness (QED) is 0.575. The number of rotatable bonds is 2. The molecule has 78 valence electrons. The number of fused-ring (bicyclic) bond motifs is 1. The Bertz CT molecular complexity index is 410. The van der Waals surface area contributed by atoms with E-state index in [0.717, 1.165) is 12.0 Å². The Morgan fingerprint density at radius 1 is 1.40 bits per heavy atom. The molecule has 15 heavy (non-hydrogen) atoms. The van der Waals surface area contributed by atoms with Crippen LogP contribution in [-0.2, 0) is 17.6 Å². The normalized spacial score (nSPS) is 14.2. The first kappa shape index (κ1) is 9.90. The van der Waals surface area contributed by atoms with Crippen LogP contribution in [0, 0.1) is 0 Å². The molecule has 0 aromatic heterocycles. The van der Waals surface area contributed by atoms with Crippen LogP contribution in [0.1, 0.15) is 30.0 Å². The summed E-state index contributed by atoms with van der Waals surface area (Å²) in [7, 11) is 0. The predicted molar refractivity (Wildman–Crippen MR) is 59.9 cm³/mol. The molecule has 0 saturated carbocycles. The van der Waals surface area contributed by atoms with Crippen molar-refractivity contribution in [2.75, 3.05) is 0 Å². The summed E-state index contributed by atoms with van der Waals surface area (Å²) in [6, 6.07) is 6.33. The van der Waals surface area contributed by atoms with Gasteiger partial charge in [0.25, 0.3) is 0 Å². The molecule has 3 nitrogen and oxygen atoms in total. The van der Waals surface area contributed by atoms with Crippen molar-refractivity contribution in [3.8, 4) is 0 Å². The maximum Gasteiger partial charge on any atom is 0.236 e. The highest BCUT2D eigenvalue weighted by molar-refractivity contribution is 5.82. The third-order valence-corrected chi connectivity index (χ3v) is 2.56. The molecule has 0 fully saturated rings. The second kappa shape index (κ2) is 4.26. The number of hydrogen-bond acceptors (Lipinski definition) is 2. The fraction of sp³-hybridized carbons (Fsp3) is 0.333. The van der Waals surface area contributed by atoms with Crippen molar-refractivity contribution >= 4 is 12.1 Å². The first-order valence-corrected chi connectivity index (χ1v) is 5.17. The van der Waals surface area contributed by atoms with E-state index in [-0.39, 0.29) is 5.91 Å². The van der Waals surface area contributed by atoms with Crippen LogP contribution >= 0.6 is 0 Å². The van der Waals surface area contributed by atoms with Gasteiger partial charge in [0.15, 0.2) is 0 Å². The molecular weight excluding hydrogens is 188 g/mol. The minimum Gasteiger partial charge on any atom is -0.274 e. The van der Waals surface area contributed by atoms with Gasteiger partial charge in [-0.25, -0.2) is 5.43 Å². The molecule has 0 bridgehead atoms. The van der Waals surface area contributed by atoms with Crippen LogP contribution in [0.5, 0.6) is 0 Å². The van der Waals surface area contributed by atoms with Crippen molar-refractivity contribution in [3.05, 3.63) is 34.9 Å². The van der Waals surface area contributed by atoms with E-state index in [1.807, 2.05) is 6.07 Å². The maximum atomic E-state index is 10.6. The average Bonchev–Trinajstić information content (AvgIpc) is 2.64. The third kappa shape index (κ3) is 2.43. The molecule has 0 aliphatic heterocycles. The highest BCUT2D eigenvalue weighted by atomic mass is 16.2. The molecule has 1 aromatic carbocycles. The Kier molecular flexibility index (Phi) is 2.81. The van der Waals surface area contributed by atoms with Crippen LogP contribution in [0.3, 0.4) is 0 Å². The zero-order chi connectivity index (χ0) is 10.7. The summed E-state index contributed by atoms with van der Waals surface area (Å²) in [5.41, 5.74) is 6.31. The van der Waals surface area contributed by atoms with Crippen LogP contribution in [0.4, 0.5) is 0 Å². The predicted octanol–water partition coefficient (Wildman–Crippen LogP) is 1.65. The van der Waals surface area contributed by atoms with E-state index in [2.05, 4.69) is 22.7 Å². The Morgan fingerprint density at radius 3 is 3.00 bits per heavy atom. The number of aryl methyl sites for hydroxylation is 2. The van der Waals surface area contributed by atoms with Crippen LogP contribution in [0.15, 0.2) is 23.3 Å². The fourth-order valence-corrected chi connectivity index (χ4v) is 1.87. The van der Waals surface area contributed by atoms with Gasteiger partial charge in [0.2, 0.25) is 5.91 Å². The monoisotopic (exact) mass is 202 g/mol. The average molecular weight is 202 g/mol. The molecule has 0 radical (unpaired) electrons. The van der Waals surface area contributed by atoms with E-state index in [1.165, 1.54) is 30.9 Å². The van der Waals surface area contributed by atoms with E-state index in [0.29, 0.717) is 0 Å². The van der Waals surface area contributed by atoms with Crippen molar-refractivity contribution < 1.29 is 4.79 Å². The number of amides is 1. The van der Waals surface area contributed by atoms with Gasteiger partial charge < -0.3 is 0 Å². The second-order valence-electron chi connectivity index (χ2n) is 3.81. The Hall–Kier alpha value is -1.64. The first-order chi connectivity index (χ1) is 7.25. The van der Waals surface area contributed by atoms with Gasteiger partial charge >= 0.3 is 0 Å². The summed E-state index contributed by atoms with van der Waals surface area (Å²) < 4.78 is 0. The summed E-state index contributed by atoms with van der Waals surface area (Å²) in [5.74, 6) is -0.146. The highest BCUT2D eigenvalue weighted by Crippen LogP contribution is 2.22. The minimum atomic E-state index is -0.146. The number of hydrogen-bond donors (Lipinski definition) is 1. The van der Waals surface area contributed by atoms with Crippen LogP contribution < -0.4 is 5.43 Å². The fourth-order valence-electron chi connectivity index (χ4n) is 1.87. The van der Waals surface area contributed by atoms with Crippen LogP contribution in [0.2, 0.25) is 0 Å². The number of nitrogens with zero attached hydrogens (tertiary/aromatic N) is 1. The van der Waals surface area contributed by atoms with E-state index in [4.69, 9.17) is 0 Å². The summed E-state index contributed by atoms with van der Waals surface area (Å²) in [6.07, 6.45) is 5.29. The van der Waals surface area contributed by atoms with E-state index < -0.39 is 0 Å². The van der Waals surface area contributed by atoms with Gasteiger partial charge in [-0.2, -0.15) is 5.10 Å². The lowest BCUT2D eigenvalue weighted by molar-refractivity contribution is -0.118. The molecule has 1 amide bonds. The van der Waals surface area contributed by atoms with Crippen LogP contribution in [-0.4, -0.2) is 12.1 Å². The first-order valence-electron chi connectivity index (χ1n) is 5.17. The summed E-state index contributed by atoms with van der Waals surface area (Å²) in [5, 5.41) is 3.84. The highest BCUT2D eigenvalue weighted by Gasteiger charge is 2.09. The van der Waals surface area contributed by atoms with E-state index in [9.17, 15) is 4.79 Å². The number of hydrazone groups is 1. The van der Waals surface area contributed by atoms with Crippen molar-refractivity contribution in [1.29, 1.82) is 0 Å². The molecule has 2 rings (SSSR count). The minimum absolute atomic E-state index is 0.146. The lowest BCUT2D eigenvalue weighted by Crippen LogP contribution is -2.12. The van der Waals surface area contributed by atoms with Crippen molar-refractivity contribution in [2.24, 2.45) is 5.10 Å². The molecular formula is C12H14N2O. The lowest BCUT2D eigenvalue weighted by atomic mass is 10.1. The molecule has 3 heteroatoms. The molecule has 1 aliphatic rings. The SMILES string of the molecule is CC(=O)N/N=C\c1ccc2c(c1)CCC2. The molecule has 1 aromatic rings. The van der Waals surface area contributed by atoms with Crippen molar-refractivity contribution in [1.82, 2.24) is 5.43 Å². The molecule has 1 N–H and O–H groups in total. The van der Waals surface area contributed by atoms with Gasteiger partial charge in [-0.3, -0.25) is 4.79 Å². The summed E-state index contributed by atoms with van der Waals surface area (Å²) >= 11 is 0. The van der Waals surface area contributed by atoms with E-state index in [1.54, 1.807) is 6.21 Å². The van der Waals surface area contributed by atoms with Gasteiger partial charge in [0.1, 0.15) is 0 Å². The zero-order valence-electron chi connectivity index (χ0n) is 8.79. The molecule has 0 heterocycles. The number of benzene rings is 1. The lowest BCUT2D eigenvalue weighted by Gasteiger charge is -1.99.